The normalized spacial score (nSPS) is 10.4. The van der Waals surface area contributed by atoms with Gasteiger partial charge in [-0.3, -0.25) is 9.59 Å². The maximum Gasteiger partial charge on any atom is 0.343 e. The van der Waals surface area contributed by atoms with Crippen molar-refractivity contribution in [2.24, 2.45) is 0 Å². The second-order valence-electron chi connectivity index (χ2n) is 7.41. The lowest BCUT2D eigenvalue weighted by Crippen LogP contribution is -2.12. The number of nitrogens with one attached hydrogen (secondary N) is 1. The van der Waals surface area contributed by atoms with Crippen molar-refractivity contribution >= 4 is 34.3 Å². The molecule has 1 N–H and O–H groups in total. The molecule has 0 radical (unpaired) electrons. The van der Waals surface area contributed by atoms with E-state index in [1.54, 1.807) is 67.8 Å². The highest BCUT2D eigenvalue weighted by molar-refractivity contribution is 6.04. The molecule has 0 fully saturated rings. The number of anilines is 1. The first-order chi connectivity index (χ1) is 16.4. The van der Waals surface area contributed by atoms with E-state index in [2.05, 4.69) is 5.32 Å². The van der Waals surface area contributed by atoms with Crippen LogP contribution in [0.25, 0.3) is 10.8 Å². The van der Waals surface area contributed by atoms with Gasteiger partial charge >= 0.3 is 11.9 Å². The quantitative estimate of drug-likeness (QED) is 0.316. The SMILES string of the molecule is COc1ccc2cc(C(=O)Oc3ccc(C(=O)Nc4ccc(OC(C)=O)cc4)cc3)ccc2c1. The zero-order chi connectivity index (χ0) is 24.1. The standard InChI is InChI=1S/C27H21NO6/c1-17(29)33-23-13-8-22(9-14-23)28-26(30)18-5-10-24(11-6-18)34-27(31)21-4-3-20-16-25(32-2)12-7-19(20)15-21/h3-16H,1-2H3,(H,28,30). The monoisotopic (exact) mass is 455 g/mol. The van der Waals surface area contributed by atoms with Gasteiger partial charge in [0, 0.05) is 18.2 Å². The molecule has 0 aromatic heterocycles. The Hall–Kier alpha value is -4.65. The average Bonchev–Trinajstić information content (AvgIpc) is 2.84. The number of fused-ring (bicyclic) bond motifs is 1. The third-order valence-electron chi connectivity index (χ3n) is 4.98. The van der Waals surface area contributed by atoms with Gasteiger partial charge in [-0.25, -0.2) is 4.79 Å². The van der Waals surface area contributed by atoms with E-state index in [-0.39, 0.29) is 5.91 Å². The molecule has 0 heterocycles. The highest BCUT2D eigenvalue weighted by atomic mass is 16.5. The van der Waals surface area contributed by atoms with Crippen LogP contribution in [-0.2, 0) is 4.79 Å². The second kappa shape index (κ2) is 9.87. The molecule has 4 aromatic carbocycles. The topological polar surface area (TPSA) is 90.9 Å². The molecule has 0 saturated heterocycles. The highest BCUT2D eigenvalue weighted by Crippen LogP contribution is 2.23. The number of hydrogen-bond acceptors (Lipinski definition) is 6. The van der Waals surface area contributed by atoms with Crippen molar-refractivity contribution in [3.63, 3.8) is 0 Å². The van der Waals surface area contributed by atoms with Crippen LogP contribution >= 0.6 is 0 Å². The Bertz CT molecular complexity index is 1360. The number of hydrogen-bond donors (Lipinski definition) is 1. The molecule has 1 amide bonds. The number of carbonyl (C=O) groups is 3. The van der Waals surface area contributed by atoms with Crippen molar-refractivity contribution in [2.75, 3.05) is 12.4 Å². The molecular weight excluding hydrogens is 434 g/mol. The van der Waals surface area contributed by atoms with Crippen LogP contribution < -0.4 is 19.5 Å². The van der Waals surface area contributed by atoms with Gasteiger partial charge in [0.15, 0.2) is 0 Å². The van der Waals surface area contributed by atoms with Crippen molar-refractivity contribution in [1.82, 2.24) is 0 Å². The van der Waals surface area contributed by atoms with Gasteiger partial charge in [-0.2, -0.15) is 0 Å². The summed E-state index contributed by atoms with van der Waals surface area (Å²) in [6.07, 6.45) is 0. The van der Waals surface area contributed by atoms with Gasteiger partial charge in [-0.15, -0.1) is 0 Å². The van der Waals surface area contributed by atoms with Crippen LogP contribution in [0.3, 0.4) is 0 Å². The summed E-state index contributed by atoms with van der Waals surface area (Å²) in [6.45, 7) is 1.32. The minimum atomic E-state index is -0.497. The van der Waals surface area contributed by atoms with Crippen LogP contribution in [-0.4, -0.2) is 25.0 Å². The van der Waals surface area contributed by atoms with Gasteiger partial charge in [0.2, 0.25) is 0 Å². The number of rotatable bonds is 6. The number of ether oxygens (including phenoxy) is 3. The first kappa shape index (κ1) is 22.5. The molecule has 0 unspecified atom stereocenters. The Morgan fingerprint density at radius 1 is 0.647 bits per heavy atom. The summed E-state index contributed by atoms with van der Waals surface area (Å²) in [6, 6.07) is 23.6. The van der Waals surface area contributed by atoms with Crippen molar-refractivity contribution in [2.45, 2.75) is 6.92 Å². The molecular formula is C27H21NO6. The molecule has 0 aliphatic rings. The third-order valence-corrected chi connectivity index (χ3v) is 4.98. The lowest BCUT2D eigenvalue weighted by molar-refractivity contribution is -0.131. The predicted octanol–water partition coefficient (Wildman–Crippen LogP) is 5.25. The van der Waals surface area contributed by atoms with E-state index in [1.165, 1.54) is 6.92 Å². The Morgan fingerprint density at radius 3 is 1.88 bits per heavy atom. The first-order valence-electron chi connectivity index (χ1n) is 10.4. The maximum absolute atomic E-state index is 12.6. The fraction of sp³-hybridized carbons (Fsp3) is 0.0741. The zero-order valence-corrected chi connectivity index (χ0v) is 18.5. The van der Waals surface area contributed by atoms with Crippen LogP contribution in [0.15, 0.2) is 84.9 Å². The molecule has 4 rings (SSSR count). The Labute approximate surface area is 195 Å². The molecule has 34 heavy (non-hydrogen) atoms. The molecule has 0 saturated carbocycles. The number of methoxy groups -OCH3 is 1. The minimum Gasteiger partial charge on any atom is -0.497 e. The lowest BCUT2D eigenvalue weighted by Gasteiger charge is -2.08. The van der Waals surface area contributed by atoms with Crippen LogP contribution in [0.1, 0.15) is 27.6 Å². The van der Waals surface area contributed by atoms with E-state index < -0.39 is 11.9 Å². The summed E-state index contributed by atoms with van der Waals surface area (Å²) >= 11 is 0. The number of carbonyl (C=O) groups excluding carboxylic acids is 3. The van der Waals surface area contributed by atoms with Crippen molar-refractivity contribution in [3.05, 3.63) is 96.1 Å². The van der Waals surface area contributed by atoms with Gasteiger partial charge in [-0.1, -0.05) is 12.1 Å². The fourth-order valence-corrected chi connectivity index (χ4v) is 3.29. The average molecular weight is 455 g/mol. The summed E-state index contributed by atoms with van der Waals surface area (Å²) in [5, 5.41) is 4.60. The summed E-state index contributed by atoms with van der Waals surface area (Å²) < 4.78 is 15.6. The molecule has 4 aromatic rings. The largest absolute Gasteiger partial charge is 0.497 e. The highest BCUT2D eigenvalue weighted by Gasteiger charge is 2.12. The van der Waals surface area contributed by atoms with Crippen LogP contribution in [0.5, 0.6) is 17.2 Å². The van der Waals surface area contributed by atoms with Gasteiger partial charge in [0.05, 0.1) is 12.7 Å². The predicted molar refractivity (Wildman–Crippen MR) is 128 cm³/mol. The minimum absolute atomic E-state index is 0.321. The van der Waals surface area contributed by atoms with E-state index >= 15 is 0 Å². The molecule has 0 spiro atoms. The summed E-state index contributed by atoms with van der Waals surface area (Å²) in [4.78, 5) is 36.0. The first-order valence-corrected chi connectivity index (χ1v) is 10.4. The molecule has 170 valence electrons. The van der Waals surface area contributed by atoms with Gasteiger partial charge < -0.3 is 19.5 Å². The Morgan fingerprint density at radius 2 is 1.21 bits per heavy atom. The number of benzene rings is 4. The van der Waals surface area contributed by atoms with Gasteiger partial charge in [0.25, 0.3) is 5.91 Å². The van der Waals surface area contributed by atoms with Crippen molar-refractivity contribution < 1.29 is 28.6 Å². The molecule has 0 atom stereocenters. The molecule has 0 aliphatic heterocycles. The van der Waals surface area contributed by atoms with E-state index in [0.29, 0.717) is 28.3 Å². The Kier molecular flexibility index (Phi) is 6.54. The summed E-state index contributed by atoms with van der Waals surface area (Å²) in [5.41, 5.74) is 1.35. The number of amides is 1. The zero-order valence-electron chi connectivity index (χ0n) is 18.5. The van der Waals surface area contributed by atoms with Crippen LogP contribution in [0.4, 0.5) is 5.69 Å². The van der Waals surface area contributed by atoms with E-state index in [1.807, 2.05) is 24.3 Å². The van der Waals surface area contributed by atoms with E-state index in [0.717, 1.165) is 16.5 Å². The van der Waals surface area contributed by atoms with Crippen molar-refractivity contribution in [1.29, 1.82) is 0 Å². The third kappa shape index (κ3) is 5.39. The van der Waals surface area contributed by atoms with Gasteiger partial charge in [0.1, 0.15) is 17.2 Å². The number of esters is 2. The molecule has 7 nitrogen and oxygen atoms in total. The second-order valence-corrected chi connectivity index (χ2v) is 7.41. The smallest absolute Gasteiger partial charge is 0.343 e. The summed E-state index contributed by atoms with van der Waals surface area (Å²) in [5.74, 6) is 0.209. The fourth-order valence-electron chi connectivity index (χ4n) is 3.29. The van der Waals surface area contributed by atoms with E-state index in [9.17, 15) is 14.4 Å². The van der Waals surface area contributed by atoms with Gasteiger partial charge in [-0.05, 0) is 83.6 Å². The molecule has 0 bridgehead atoms. The maximum atomic E-state index is 12.6. The molecule has 0 aliphatic carbocycles. The Balaban J connectivity index is 1.39. The summed E-state index contributed by atoms with van der Waals surface area (Å²) in [7, 11) is 1.60. The van der Waals surface area contributed by atoms with Crippen LogP contribution in [0.2, 0.25) is 0 Å². The van der Waals surface area contributed by atoms with Crippen molar-refractivity contribution in [3.8, 4) is 17.2 Å². The van der Waals surface area contributed by atoms with E-state index in [4.69, 9.17) is 14.2 Å². The lowest BCUT2D eigenvalue weighted by atomic mass is 10.1. The van der Waals surface area contributed by atoms with Crippen LogP contribution in [0, 0.1) is 0 Å². The molecule has 7 heteroatoms.